The summed E-state index contributed by atoms with van der Waals surface area (Å²) in [6.45, 7) is 4.86. The number of carbonyl (C=O) groups excluding carboxylic acids is 2. The van der Waals surface area contributed by atoms with Crippen molar-refractivity contribution in [2.45, 2.75) is 65.5 Å². The lowest BCUT2D eigenvalue weighted by Gasteiger charge is -2.36. The first-order valence-corrected chi connectivity index (χ1v) is 12.4. The summed E-state index contributed by atoms with van der Waals surface area (Å²) in [5.41, 5.74) is 3.79. The zero-order chi connectivity index (χ0) is 26.0. The number of benzene rings is 1. The third kappa shape index (κ3) is 5.07. The molecule has 2 aromatic rings. The van der Waals surface area contributed by atoms with Crippen molar-refractivity contribution >= 4 is 28.2 Å². The second-order valence-corrected chi connectivity index (χ2v) is 9.41. The molecule has 0 radical (unpaired) electrons. The number of ketones is 2. The van der Waals surface area contributed by atoms with E-state index in [0.29, 0.717) is 69.9 Å². The Morgan fingerprint density at radius 3 is 2.67 bits per heavy atom. The summed E-state index contributed by atoms with van der Waals surface area (Å²) >= 11 is 0. The highest BCUT2D eigenvalue weighted by Gasteiger charge is 2.28. The lowest BCUT2D eigenvalue weighted by molar-refractivity contribution is -0.115. The van der Waals surface area contributed by atoms with E-state index in [9.17, 15) is 18.4 Å². The van der Waals surface area contributed by atoms with Crippen LogP contribution in [0.4, 0.5) is 14.5 Å². The zero-order valence-corrected chi connectivity index (χ0v) is 21.3. The van der Waals surface area contributed by atoms with Crippen LogP contribution in [-0.2, 0) is 14.3 Å². The summed E-state index contributed by atoms with van der Waals surface area (Å²) in [4.78, 5) is 28.3. The number of rotatable bonds is 9. The molecule has 9 heteroatoms. The summed E-state index contributed by atoms with van der Waals surface area (Å²) in [6.07, 6.45) is 5.43. The van der Waals surface area contributed by atoms with Crippen LogP contribution in [0.25, 0.3) is 10.9 Å². The molecular formula is C27H33F2N3O4. The molecule has 1 aliphatic carbocycles. The Morgan fingerprint density at radius 2 is 2.03 bits per heavy atom. The van der Waals surface area contributed by atoms with Gasteiger partial charge in [-0.25, -0.2) is 4.68 Å². The summed E-state index contributed by atoms with van der Waals surface area (Å²) in [7, 11) is 1.51. The molecule has 0 bridgehead atoms. The van der Waals surface area contributed by atoms with Crippen LogP contribution in [0.15, 0.2) is 35.2 Å². The average Bonchev–Trinajstić information content (AvgIpc) is 3.29. The van der Waals surface area contributed by atoms with Crippen molar-refractivity contribution in [3.05, 3.63) is 46.4 Å². The summed E-state index contributed by atoms with van der Waals surface area (Å²) in [5.74, 6) is 0.312. The van der Waals surface area contributed by atoms with Crippen LogP contribution in [0.3, 0.4) is 0 Å². The van der Waals surface area contributed by atoms with Gasteiger partial charge in [-0.2, -0.15) is 13.9 Å². The lowest BCUT2D eigenvalue weighted by Crippen LogP contribution is -2.40. The Morgan fingerprint density at radius 1 is 1.31 bits per heavy atom. The normalized spacial score (nSPS) is 17.2. The smallest absolute Gasteiger partial charge is 0.333 e. The number of fused-ring (bicyclic) bond motifs is 1. The molecule has 1 fully saturated rings. The predicted octanol–water partition coefficient (Wildman–Crippen LogP) is 5.53. The number of ether oxygens (including phenoxy) is 2. The number of carbonyl (C=O) groups is 2. The Labute approximate surface area is 209 Å². The average molecular weight is 502 g/mol. The maximum Gasteiger partial charge on any atom is 0.333 e. The second kappa shape index (κ2) is 10.9. The molecule has 0 unspecified atom stereocenters. The number of Topliss-reactive ketones (excluding diaryl/α,β-unsaturated/α-hetero) is 2. The molecule has 0 N–H and O–H groups in total. The van der Waals surface area contributed by atoms with Gasteiger partial charge in [0.2, 0.25) is 0 Å². The van der Waals surface area contributed by atoms with Gasteiger partial charge < -0.3 is 14.4 Å². The highest BCUT2D eigenvalue weighted by Crippen LogP contribution is 2.37. The largest absolute Gasteiger partial charge is 0.496 e. The first-order chi connectivity index (χ1) is 17.2. The molecule has 1 saturated heterocycles. The number of hydrogen-bond donors (Lipinski definition) is 0. The van der Waals surface area contributed by atoms with E-state index in [-0.39, 0.29) is 30.4 Å². The molecule has 0 saturated carbocycles. The summed E-state index contributed by atoms with van der Waals surface area (Å²) in [5, 5.41) is 4.70. The molecule has 1 aromatic heterocycles. The minimum atomic E-state index is -2.78. The van der Waals surface area contributed by atoms with Gasteiger partial charge in [-0.3, -0.25) is 9.59 Å². The van der Waals surface area contributed by atoms with Gasteiger partial charge in [-0.05, 0) is 57.7 Å². The standard InChI is InChI=1S/C27H33F2N3O4/c1-5-31(19-8-10-36-11-9-19)26-17(3)21(14-18-15-32(27(28)29)30-25(18)26)22(33)7-6-20-23(34)12-16(2)13-24(20)35-4/h13-15,19,27H,5-12H2,1-4H3. The topological polar surface area (TPSA) is 73.7 Å². The van der Waals surface area contributed by atoms with Crippen LogP contribution in [0.5, 0.6) is 0 Å². The van der Waals surface area contributed by atoms with Crippen molar-refractivity contribution in [3.8, 4) is 0 Å². The van der Waals surface area contributed by atoms with Gasteiger partial charge in [0, 0.05) is 61.4 Å². The molecule has 1 aromatic carbocycles. The van der Waals surface area contributed by atoms with Crippen LogP contribution in [0, 0.1) is 6.92 Å². The van der Waals surface area contributed by atoms with E-state index in [4.69, 9.17) is 9.47 Å². The Bertz CT molecular complexity index is 1230. The van der Waals surface area contributed by atoms with Crippen molar-refractivity contribution in [1.82, 2.24) is 9.78 Å². The van der Waals surface area contributed by atoms with Crippen LogP contribution in [0.1, 0.15) is 68.4 Å². The Balaban J connectivity index is 1.74. The number of alkyl halides is 2. The highest BCUT2D eigenvalue weighted by molar-refractivity contribution is 6.06. The molecule has 7 nitrogen and oxygen atoms in total. The van der Waals surface area contributed by atoms with Gasteiger partial charge in [0.05, 0.1) is 12.8 Å². The number of anilines is 1. The van der Waals surface area contributed by atoms with E-state index in [2.05, 4.69) is 10.00 Å². The van der Waals surface area contributed by atoms with E-state index in [0.717, 1.165) is 18.4 Å². The fraction of sp³-hybridized carbons (Fsp3) is 0.519. The molecule has 0 spiro atoms. The Hall–Kier alpha value is -3.07. The number of methoxy groups -OCH3 is 1. The SMILES string of the molecule is CCN(c1c(C)c(C(=O)CCC2=C(OC)C=C(C)CC2=O)cc2cn(C(F)F)nc12)C1CCOCC1. The minimum Gasteiger partial charge on any atom is -0.496 e. The van der Waals surface area contributed by atoms with Gasteiger partial charge in [0.1, 0.15) is 11.3 Å². The number of hydrogen-bond acceptors (Lipinski definition) is 6. The molecule has 2 aliphatic rings. The fourth-order valence-corrected chi connectivity index (χ4v) is 5.28. The van der Waals surface area contributed by atoms with E-state index in [1.54, 1.807) is 6.07 Å². The van der Waals surface area contributed by atoms with Gasteiger partial charge in [-0.15, -0.1) is 0 Å². The number of nitrogens with zero attached hydrogens (tertiary/aromatic N) is 3. The van der Waals surface area contributed by atoms with E-state index in [1.807, 2.05) is 26.8 Å². The van der Waals surface area contributed by atoms with Gasteiger partial charge in [0.25, 0.3) is 0 Å². The van der Waals surface area contributed by atoms with Crippen LogP contribution < -0.4 is 4.90 Å². The Kier molecular flexibility index (Phi) is 7.88. The molecule has 2 heterocycles. The third-order valence-electron chi connectivity index (χ3n) is 7.08. The van der Waals surface area contributed by atoms with Gasteiger partial charge in [-0.1, -0.05) is 5.57 Å². The fourth-order valence-electron chi connectivity index (χ4n) is 5.28. The lowest BCUT2D eigenvalue weighted by atomic mass is 9.90. The molecular weight excluding hydrogens is 468 g/mol. The number of aromatic nitrogens is 2. The molecule has 0 amide bonds. The molecule has 1 aliphatic heterocycles. The molecule has 194 valence electrons. The van der Waals surface area contributed by atoms with E-state index >= 15 is 0 Å². The van der Waals surface area contributed by atoms with Crippen molar-refractivity contribution in [1.29, 1.82) is 0 Å². The monoisotopic (exact) mass is 501 g/mol. The summed E-state index contributed by atoms with van der Waals surface area (Å²) in [6, 6.07) is 1.82. The molecule has 4 rings (SSSR count). The van der Waals surface area contributed by atoms with Crippen molar-refractivity contribution in [2.24, 2.45) is 0 Å². The van der Waals surface area contributed by atoms with Crippen LogP contribution in [-0.4, -0.2) is 54.3 Å². The maximum absolute atomic E-state index is 13.5. The molecule has 36 heavy (non-hydrogen) atoms. The summed E-state index contributed by atoms with van der Waals surface area (Å²) < 4.78 is 38.7. The number of allylic oxidation sites excluding steroid dienone is 3. The van der Waals surface area contributed by atoms with Crippen LogP contribution >= 0.6 is 0 Å². The van der Waals surface area contributed by atoms with Crippen molar-refractivity contribution in [3.63, 3.8) is 0 Å². The third-order valence-corrected chi connectivity index (χ3v) is 7.08. The van der Waals surface area contributed by atoms with Crippen LogP contribution in [0.2, 0.25) is 0 Å². The minimum absolute atomic E-state index is 0.0394. The van der Waals surface area contributed by atoms with Gasteiger partial charge in [0.15, 0.2) is 11.6 Å². The van der Waals surface area contributed by atoms with E-state index in [1.165, 1.54) is 13.3 Å². The number of halogens is 2. The highest BCUT2D eigenvalue weighted by atomic mass is 19.3. The zero-order valence-electron chi connectivity index (χ0n) is 21.3. The van der Waals surface area contributed by atoms with Crippen molar-refractivity contribution < 1.29 is 27.8 Å². The van der Waals surface area contributed by atoms with Crippen molar-refractivity contribution in [2.75, 3.05) is 31.8 Å². The first kappa shape index (κ1) is 26.0. The second-order valence-electron chi connectivity index (χ2n) is 9.41. The predicted molar refractivity (Wildman–Crippen MR) is 134 cm³/mol. The van der Waals surface area contributed by atoms with Gasteiger partial charge >= 0.3 is 6.55 Å². The maximum atomic E-state index is 13.5. The van der Waals surface area contributed by atoms with E-state index < -0.39 is 6.55 Å². The quantitative estimate of drug-likeness (QED) is 0.421. The molecule has 0 atom stereocenters. The first-order valence-electron chi connectivity index (χ1n) is 12.4.